The van der Waals surface area contributed by atoms with Crippen LogP contribution in [0.4, 0.5) is 0 Å². The van der Waals surface area contributed by atoms with Crippen molar-refractivity contribution in [2.75, 3.05) is 6.61 Å². The van der Waals surface area contributed by atoms with Crippen LogP contribution in [0.3, 0.4) is 0 Å². The number of para-hydroxylation sites is 1. The highest BCUT2D eigenvalue weighted by molar-refractivity contribution is 9.10. The maximum atomic E-state index is 5.67. The van der Waals surface area contributed by atoms with Gasteiger partial charge in [-0.2, -0.15) is 0 Å². The summed E-state index contributed by atoms with van der Waals surface area (Å²) in [4.78, 5) is 4.16. The molecule has 2 rings (SSSR count). The highest BCUT2D eigenvalue weighted by Gasteiger charge is 2.00. The van der Waals surface area contributed by atoms with Crippen molar-refractivity contribution in [2.24, 2.45) is 0 Å². The molecule has 1 heterocycles. The van der Waals surface area contributed by atoms with Crippen LogP contribution in [0, 0.1) is 6.92 Å². The van der Waals surface area contributed by atoms with Gasteiger partial charge in [0.1, 0.15) is 18.2 Å². The number of hydrogen-bond acceptors (Lipinski definition) is 2. The topological polar surface area (TPSA) is 27.1 Å². The van der Waals surface area contributed by atoms with Crippen molar-refractivity contribution in [3.05, 3.63) is 47.0 Å². The Morgan fingerprint density at radius 3 is 2.88 bits per heavy atom. The molecule has 84 valence electrons. The van der Waals surface area contributed by atoms with Crippen LogP contribution in [0.1, 0.15) is 5.82 Å². The van der Waals surface area contributed by atoms with E-state index in [1.165, 1.54) is 0 Å². The Bertz CT molecular complexity index is 468. The molecule has 3 nitrogen and oxygen atoms in total. The number of aromatic nitrogens is 2. The van der Waals surface area contributed by atoms with Crippen molar-refractivity contribution in [3.8, 4) is 5.75 Å². The molecule has 0 amide bonds. The molecule has 0 radical (unpaired) electrons. The largest absolute Gasteiger partial charge is 0.491 e. The number of nitrogens with zero attached hydrogens (tertiary/aromatic N) is 2. The van der Waals surface area contributed by atoms with Crippen molar-refractivity contribution >= 4 is 15.9 Å². The zero-order chi connectivity index (χ0) is 11.4. The van der Waals surface area contributed by atoms with Crippen molar-refractivity contribution < 1.29 is 4.74 Å². The van der Waals surface area contributed by atoms with Gasteiger partial charge in [0.25, 0.3) is 0 Å². The minimum absolute atomic E-state index is 0.639. The summed E-state index contributed by atoms with van der Waals surface area (Å²) >= 11 is 3.45. The number of imidazole rings is 1. The SMILES string of the molecule is Cc1nccn1CCOc1ccccc1Br. The lowest BCUT2D eigenvalue weighted by atomic mass is 10.3. The molecule has 1 aromatic carbocycles. The Morgan fingerprint density at radius 1 is 1.38 bits per heavy atom. The highest BCUT2D eigenvalue weighted by atomic mass is 79.9. The molecule has 0 aliphatic rings. The lowest BCUT2D eigenvalue weighted by Gasteiger charge is -2.09. The summed E-state index contributed by atoms with van der Waals surface area (Å²) in [5.41, 5.74) is 0. The molecule has 16 heavy (non-hydrogen) atoms. The monoisotopic (exact) mass is 280 g/mol. The Morgan fingerprint density at radius 2 is 2.19 bits per heavy atom. The fourth-order valence-corrected chi connectivity index (χ4v) is 1.86. The lowest BCUT2D eigenvalue weighted by Crippen LogP contribution is -2.08. The molecule has 0 saturated heterocycles. The number of benzene rings is 1. The predicted molar refractivity (Wildman–Crippen MR) is 66.6 cm³/mol. The van der Waals surface area contributed by atoms with Gasteiger partial charge in [-0.05, 0) is 35.0 Å². The molecule has 0 aliphatic heterocycles. The van der Waals surface area contributed by atoms with Crippen LogP contribution in [-0.2, 0) is 6.54 Å². The summed E-state index contributed by atoms with van der Waals surface area (Å²) < 4.78 is 8.72. The van der Waals surface area contributed by atoms with E-state index in [9.17, 15) is 0 Å². The zero-order valence-corrected chi connectivity index (χ0v) is 10.6. The minimum Gasteiger partial charge on any atom is -0.491 e. The molecule has 0 fully saturated rings. The Kier molecular flexibility index (Phi) is 3.62. The fourth-order valence-electron chi connectivity index (χ4n) is 1.46. The summed E-state index contributed by atoms with van der Waals surface area (Å²) in [6, 6.07) is 7.85. The van der Waals surface area contributed by atoms with E-state index in [4.69, 9.17) is 4.74 Å². The molecule has 0 spiro atoms. The third-order valence-electron chi connectivity index (χ3n) is 2.35. The molecule has 4 heteroatoms. The summed E-state index contributed by atoms with van der Waals surface area (Å²) in [6.07, 6.45) is 3.76. The van der Waals surface area contributed by atoms with Crippen molar-refractivity contribution in [3.63, 3.8) is 0 Å². The fraction of sp³-hybridized carbons (Fsp3) is 0.250. The van der Waals surface area contributed by atoms with Gasteiger partial charge in [-0.1, -0.05) is 12.1 Å². The number of aryl methyl sites for hydroxylation is 1. The molecule has 0 saturated carbocycles. The second-order valence-electron chi connectivity index (χ2n) is 3.45. The Hall–Kier alpha value is -1.29. The van der Waals surface area contributed by atoms with Crippen molar-refractivity contribution in [2.45, 2.75) is 13.5 Å². The molecule has 0 N–H and O–H groups in total. The average Bonchev–Trinajstić information content (AvgIpc) is 2.67. The summed E-state index contributed by atoms with van der Waals surface area (Å²) in [5.74, 6) is 1.89. The number of ether oxygens (including phenoxy) is 1. The molecule has 1 aromatic heterocycles. The third kappa shape index (κ3) is 2.64. The van der Waals surface area contributed by atoms with Gasteiger partial charge in [-0.25, -0.2) is 4.98 Å². The smallest absolute Gasteiger partial charge is 0.133 e. The van der Waals surface area contributed by atoms with E-state index in [1.807, 2.05) is 37.4 Å². The molecular weight excluding hydrogens is 268 g/mol. The third-order valence-corrected chi connectivity index (χ3v) is 3.01. The molecule has 0 unspecified atom stereocenters. The zero-order valence-electron chi connectivity index (χ0n) is 9.06. The first-order valence-electron chi connectivity index (χ1n) is 5.12. The van der Waals surface area contributed by atoms with E-state index in [2.05, 4.69) is 25.5 Å². The first kappa shape index (κ1) is 11.2. The van der Waals surface area contributed by atoms with Gasteiger partial charge in [0.05, 0.1) is 11.0 Å². The number of hydrogen-bond donors (Lipinski definition) is 0. The van der Waals surface area contributed by atoms with Gasteiger partial charge in [0.15, 0.2) is 0 Å². The van der Waals surface area contributed by atoms with Gasteiger partial charge in [0, 0.05) is 12.4 Å². The summed E-state index contributed by atoms with van der Waals surface area (Å²) in [6.45, 7) is 3.44. The molecule has 0 bridgehead atoms. The van der Waals surface area contributed by atoms with E-state index in [0.717, 1.165) is 22.6 Å². The van der Waals surface area contributed by atoms with Gasteiger partial charge >= 0.3 is 0 Å². The summed E-state index contributed by atoms with van der Waals surface area (Å²) in [7, 11) is 0. The van der Waals surface area contributed by atoms with Crippen molar-refractivity contribution in [1.29, 1.82) is 0 Å². The highest BCUT2D eigenvalue weighted by Crippen LogP contribution is 2.23. The maximum Gasteiger partial charge on any atom is 0.133 e. The Balaban J connectivity index is 1.89. The predicted octanol–water partition coefficient (Wildman–Crippen LogP) is 3.03. The molecule has 2 aromatic rings. The standard InChI is InChI=1S/C12H13BrN2O/c1-10-14-6-7-15(10)8-9-16-12-5-3-2-4-11(12)13/h2-7H,8-9H2,1H3. The number of halogens is 1. The van der Waals surface area contributed by atoms with Crippen molar-refractivity contribution in [1.82, 2.24) is 9.55 Å². The second kappa shape index (κ2) is 5.16. The van der Waals surface area contributed by atoms with Crippen LogP contribution in [-0.4, -0.2) is 16.2 Å². The van der Waals surface area contributed by atoms with Crippen LogP contribution < -0.4 is 4.74 Å². The lowest BCUT2D eigenvalue weighted by molar-refractivity contribution is 0.295. The van der Waals surface area contributed by atoms with Crippen LogP contribution >= 0.6 is 15.9 Å². The van der Waals surface area contributed by atoms with Crippen LogP contribution in [0.25, 0.3) is 0 Å². The summed E-state index contributed by atoms with van der Waals surface area (Å²) in [5, 5.41) is 0. The van der Waals surface area contributed by atoms with Gasteiger partial charge in [-0.3, -0.25) is 0 Å². The van der Waals surface area contributed by atoms with Gasteiger partial charge in [-0.15, -0.1) is 0 Å². The van der Waals surface area contributed by atoms with Crippen LogP contribution in [0.2, 0.25) is 0 Å². The maximum absolute atomic E-state index is 5.67. The average molecular weight is 281 g/mol. The molecule has 0 atom stereocenters. The van der Waals surface area contributed by atoms with E-state index >= 15 is 0 Å². The van der Waals surface area contributed by atoms with Crippen LogP contribution in [0.5, 0.6) is 5.75 Å². The van der Waals surface area contributed by atoms with Crippen LogP contribution in [0.15, 0.2) is 41.1 Å². The van der Waals surface area contributed by atoms with E-state index in [0.29, 0.717) is 6.61 Å². The minimum atomic E-state index is 0.639. The van der Waals surface area contributed by atoms with E-state index < -0.39 is 0 Å². The van der Waals surface area contributed by atoms with Gasteiger partial charge < -0.3 is 9.30 Å². The normalized spacial score (nSPS) is 10.4. The number of rotatable bonds is 4. The van der Waals surface area contributed by atoms with Gasteiger partial charge in [0.2, 0.25) is 0 Å². The van der Waals surface area contributed by atoms with E-state index in [-0.39, 0.29) is 0 Å². The quantitative estimate of drug-likeness (QED) is 0.861. The molecular formula is C12H13BrN2O. The first-order chi connectivity index (χ1) is 7.77. The second-order valence-corrected chi connectivity index (χ2v) is 4.30. The Labute approximate surface area is 103 Å². The van der Waals surface area contributed by atoms with E-state index in [1.54, 1.807) is 6.20 Å². The first-order valence-corrected chi connectivity index (χ1v) is 5.92. The molecule has 0 aliphatic carbocycles.